The number of benzene rings is 3. The topological polar surface area (TPSA) is 48.5 Å². The summed E-state index contributed by atoms with van der Waals surface area (Å²) in [5.41, 5.74) is -1.67. The lowest BCUT2D eigenvalue weighted by Crippen LogP contribution is -2.56. The summed E-state index contributed by atoms with van der Waals surface area (Å²) >= 11 is 0. The van der Waals surface area contributed by atoms with Crippen molar-refractivity contribution in [3.63, 3.8) is 0 Å². The second-order valence-electron chi connectivity index (χ2n) is 11.1. The van der Waals surface area contributed by atoms with Crippen molar-refractivity contribution in [3.8, 4) is 0 Å². The predicted octanol–water partition coefficient (Wildman–Crippen LogP) is 8.25. The fourth-order valence-electron chi connectivity index (χ4n) is 5.52. The highest BCUT2D eigenvalue weighted by molar-refractivity contribution is 5.95. The Balaban J connectivity index is 0.00000267. The van der Waals surface area contributed by atoms with Gasteiger partial charge in [-0.05, 0) is 52.6 Å². The predicted molar refractivity (Wildman–Crippen MR) is 182 cm³/mol. The molecule has 1 aliphatic heterocycles. The van der Waals surface area contributed by atoms with Crippen molar-refractivity contribution in [2.75, 3.05) is 32.7 Å². The molecule has 0 spiro atoms. The Bertz CT molecular complexity index is 1620. The number of carbonyl (C=O) groups excluding carboxylic acids is 1. The van der Waals surface area contributed by atoms with Crippen LogP contribution in [0.3, 0.4) is 0 Å². The Morgan fingerprint density at radius 2 is 1.50 bits per heavy atom. The second-order valence-corrected chi connectivity index (χ2v) is 11.1. The Morgan fingerprint density at radius 3 is 2.15 bits per heavy atom. The minimum Gasteiger partial charge on any atom is -0.333 e. The van der Waals surface area contributed by atoms with Gasteiger partial charge < -0.3 is 10.2 Å². The third-order valence-corrected chi connectivity index (χ3v) is 7.79. The van der Waals surface area contributed by atoms with Crippen LogP contribution in [0.1, 0.15) is 32.6 Å². The molecule has 1 atom stereocenters. The minimum absolute atomic E-state index is 0. The molecule has 0 radical (unpaired) electrons. The molecule has 48 heavy (non-hydrogen) atoms. The van der Waals surface area contributed by atoms with Gasteiger partial charge in [0.05, 0.1) is 11.1 Å². The number of fused-ring (bicyclic) bond motifs is 1. The number of alkyl halides is 6. The van der Waals surface area contributed by atoms with Crippen LogP contribution in [-0.2, 0) is 25.3 Å². The van der Waals surface area contributed by atoms with Crippen LogP contribution in [0, 0.1) is 0 Å². The first-order chi connectivity index (χ1) is 21.5. The van der Waals surface area contributed by atoms with Gasteiger partial charge in [-0.1, -0.05) is 60.7 Å². The Hall–Kier alpha value is -3.35. The number of hydrogen-bond donors (Lipinski definition) is 1. The molecule has 14 heteroatoms. The summed E-state index contributed by atoms with van der Waals surface area (Å²) in [5.74, 6) is -0.854. The first-order valence-corrected chi connectivity index (χ1v) is 14.5. The highest BCUT2D eigenvalue weighted by atomic mass is 35.5. The summed E-state index contributed by atoms with van der Waals surface area (Å²) in [6.07, 6.45) is -2.21. The van der Waals surface area contributed by atoms with E-state index in [1.165, 1.54) is 4.90 Å². The molecule has 1 aliphatic rings. The number of rotatable bonds is 9. The smallest absolute Gasteiger partial charge is 0.333 e. The number of nitrogens with zero attached hydrogens (tertiary/aromatic N) is 3. The van der Waals surface area contributed by atoms with Crippen molar-refractivity contribution >= 4 is 53.9 Å². The van der Waals surface area contributed by atoms with Gasteiger partial charge in [0.15, 0.2) is 0 Å². The van der Waals surface area contributed by atoms with Crippen LogP contribution in [0.4, 0.5) is 26.3 Å². The van der Waals surface area contributed by atoms with Gasteiger partial charge in [-0.3, -0.25) is 14.7 Å². The van der Waals surface area contributed by atoms with Gasteiger partial charge in [-0.2, -0.15) is 26.3 Å². The average Bonchev–Trinajstić information content (AvgIpc) is 3.02. The van der Waals surface area contributed by atoms with Crippen molar-refractivity contribution < 1.29 is 31.1 Å². The van der Waals surface area contributed by atoms with Crippen molar-refractivity contribution in [3.05, 3.63) is 125 Å². The van der Waals surface area contributed by atoms with Crippen molar-refractivity contribution in [2.45, 2.75) is 31.4 Å². The van der Waals surface area contributed by atoms with E-state index in [1.54, 1.807) is 12.4 Å². The van der Waals surface area contributed by atoms with Crippen LogP contribution in [0.5, 0.6) is 0 Å². The van der Waals surface area contributed by atoms with Gasteiger partial charge in [0, 0.05) is 63.3 Å². The second kappa shape index (κ2) is 17.9. The summed E-state index contributed by atoms with van der Waals surface area (Å²) in [7, 11) is 0. The monoisotopic (exact) mass is 734 g/mol. The first-order valence-electron chi connectivity index (χ1n) is 14.5. The van der Waals surface area contributed by atoms with E-state index in [4.69, 9.17) is 0 Å². The molecule has 260 valence electrons. The summed E-state index contributed by atoms with van der Waals surface area (Å²) in [6.45, 7) is 2.84. The van der Waals surface area contributed by atoms with Crippen LogP contribution >= 0.6 is 37.2 Å². The van der Waals surface area contributed by atoms with E-state index in [0.29, 0.717) is 51.3 Å². The van der Waals surface area contributed by atoms with Crippen molar-refractivity contribution in [1.82, 2.24) is 20.1 Å². The molecule has 1 saturated heterocycles. The molecule has 0 bridgehead atoms. The summed E-state index contributed by atoms with van der Waals surface area (Å²) in [6, 6.07) is 18.1. The summed E-state index contributed by atoms with van der Waals surface area (Å²) in [4.78, 5) is 21.3. The Kier molecular flexibility index (Phi) is 15.2. The number of hydrogen-bond acceptors (Lipinski definition) is 4. The van der Waals surface area contributed by atoms with E-state index in [1.807, 2.05) is 66.7 Å². The Morgan fingerprint density at radius 1 is 0.812 bits per heavy atom. The standard InChI is InChI=1S/C34H32F6N4O.3ClH/c35-33(36,37)29-18-28(19-30(20-29)34(38,39)40)32(45)44-15-14-43(13-4-3-11-41-21-25-6-5-12-42-22-25)23-31(44)17-24-9-10-26-7-1-2-8-27(26)16-24;;;/h1-10,12,16,18-20,22,31,41H,11,13-15,17,21,23H2;3*1H/t31-;;;/m1.../s1. The normalized spacial score (nSPS) is 15.5. The van der Waals surface area contributed by atoms with E-state index >= 15 is 0 Å². The van der Waals surface area contributed by atoms with Crippen LogP contribution < -0.4 is 5.32 Å². The summed E-state index contributed by atoms with van der Waals surface area (Å²) < 4.78 is 81.3. The number of amides is 1. The van der Waals surface area contributed by atoms with Gasteiger partial charge in [-0.25, -0.2) is 0 Å². The molecule has 1 N–H and O–H groups in total. The quantitative estimate of drug-likeness (QED) is 0.107. The van der Waals surface area contributed by atoms with E-state index in [9.17, 15) is 31.1 Å². The maximum Gasteiger partial charge on any atom is 0.416 e. The molecule has 0 saturated carbocycles. The highest BCUT2D eigenvalue weighted by Gasteiger charge is 2.39. The number of pyridine rings is 1. The maximum atomic E-state index is 13.7. The van der Waals surface area contributed by atoms with E-state index in [2.05, 4.69) is 15.2 Å². The minimum atomic E-state index is -5.04. The van der Waals surface area contributed by atoms with Crippen LogP contribution in [0.2, 0.25) is 0 Å². The molecule has 0 unspecified atom stereocenters. The van der Waals surface area contributed by atoms with E-state index < -0.39 is 41.0 Å². The van der Waals surface area contributed by atoms with Crippen molar-refractivity contribution in [1.29, 1.82) is 0 Å². The molecule has 2 heterocycles. The molecule has 1 aromatic heterocycles. The fraction of sp³-hybridized carbons (Fsp3) is 0.294. The largest absolute Gasteiger partial charge is 0.416 e. The lowest BCUT2D eigenvalue weighted by Gasteiger charge is -2.41. The maximum absolute atomic E-state index is 13.7. The molecular formula is C34H35Cl3F6N4O. The third-order valence-electron chi connectivity index (χ3n) is 7.79. The van der Waals surface area contributed by atoms with E-state index in [0.717, 1.165) is 21.9 Å². The number of piperazine rings is 1. The number of aromatic nitrogens is 1. The molecular weight excluding hydrogens is 701 g/mol. The highest BCUT2D eigenvalue weighted by Crippen LogP contribution is 2.37. The zero-order chi connectivity index (χ0) is 32.0. The third kappa shape index (κ3) is 10.8. The lowest BCUT2D eigenvalue weighted by molar-refractivity contribution is -0.143. The molecule has 4 aromatic rings. The van der Waals surface area contributed by atoms with Crippen LogP contribution in [-0.4, -0.2) is 59.5 Å². The molecule has 1 fully saturated rings. The van der Waals surface area contributed by atoms with Crippen LogP contribution in [0.15, 0.2) is 97.3 Å². The lowest BCUT2D eigenvalue weighted by atomic mass is 9.97. The van der Waals surface area contributed by atoms with Gasteiger partial charge in [-0.15, -0.1) is 37.2 Å². The molecule has 5 nitrogen and oxygen atoms in total. The molecule has 5 rings (SSSR count). The zero-order valence-electron chi connectivity index (χ0n) is 25.5. The first kappa shape index (κ1) is 40.8. The van der Waals surface area contributed by atoms with E-state index in [-0.39, 0.29) is 49.8 Å². The number of nitrogens with one attached hydrogen (secondary N) is 1. The van der Waals surface area contributed by atoms with Gasteiger partial charge in [0.25, 0.3) is 5.91 Å². The van der Waals surface area contributed by atoms with Crippen LogP contribution in [0.25, 0.3) is 10.8 Å². The average molecular weight is 736 g/mol. The van der Waals surface area contributed by atoms with Gasteiger partial charge in [0.1, 0.15) is 0 Å². The fourth-order valence-corrected chi connectivity index (χ4v) is 5.52. The summed E-state index contributed by atoms with van der Waals surface area (Å²) in [5, 5.41) is 5.34. The molecule has 3 aromatic carbocycles. The van der Waals surface area contributed by atoms with Crippen molar-refractivity contribution in [2.24, 2.45) is 0 Å². The Labute approximate surface area is 293 Å². The van der Waals surface area contributed by atoms with Gasteiger partial charge >= 0.3 is 12.4 Å². The van der Waals surface area contributed by atoms with Gasteiger partial charge in [0.2, 0.25) is 0 Å². The SMILES string of the molecule is Cl.Cl.Cl.O=C(c1cc(C(F)(F)F)cc(C(F)(F)F)c1)N1CCN(CC=CCNCc2cccnc2)C[C@H]1Cc1ccc2ccccc2c1. The zero-order valence-corrected chi connectivity index (χ0v) is 28.0. The molecule has 0 aliphatic carbocycles. The molecule has 1 amide bonds. The number of carbonyl (C=O) groups is 1. The number of halogens is 9.